The first-order chi connectivity index (χ1) is 21.2. The van der Waals surface area contributed by atoms with Crippen molar-refractivity contribution in [3.63, 3.8) is 0 Å². The zero-order valence-corrected chi connectivity index (χ0v) is 27.5. The number of aromatic nitrogens is 4. The Morgan fingerprint density at radius 3 is 2.52 bits per heavy atom. The molecule has 1 aliphatic heterocycles. The zero-order chi connectivity index (χ0) is 30.8. The normalized spacial score (nSPS) is 14.9. The van der Waals surface area contributed by atoms with Crippen molar-refractivity contribution in [2.45, 2.75) is 57.7 Å². The highest BCUT2D eigenvalue weighted by Gasteiger charge is 2.23. The minimum absolute atomic E-state index is 0.288. The number of ether oxygens (including phenoxy) is 2. The number of fused-ring (bicyclic) bond motifs is 2. The number of likely N-dealkylation sites (tertiary alicyclic amines) is 1. The standard InChI is InChI=1S/C35H43N5O3Si/c1-38-30(23-39-16-13-26(14-17-39)25-6-8-27(9-7-25)35(41)42-2)21-32-31(12-15-36-34(32)38)28-10-11-33-29(20-28)22-37-40(33)24-43-18-19-44(3,4)5/h6-12,15,20-22,26H,13-14,16-19,23-24H2,1-5H3. The first-order valence-electron chi connectivity index (χ1n) is 15.6. The Bertz CT molecular complexity index is 1760. The van der Waals surface area contributed by atoms with Crippen LogP contribution < -0.4 is 0 Å². The van der Waals surface area contributed by atoms with Crippen LogP contribution in [-0.4, -0.2) is 65.1 Å². The summed E-state index contributed by atoms with van der Waals surface area (Å²) in [4.78, 5) is 19.1. The third kappa shape index (κ3) is 6.50. The van der Waals surface area contributed by atoms with Gasteiger partial charge in [-0.15, -0.1) is 0 Å². The number of benzene rings is 2. The molecule has 0 amide bonds. The smallest absolute Gasteiger partial charge is 0.337 e. The number of carbonyl (C=O) groups is 1. The maximum Gasteiger partial charge on any atom is 0.337 e. The maximum atomic E-state index is 11.8. The molecule has 6 rings (SSSR count). The van der Waals surface area contributed by atoms with Gasteiger partial charge in [0.25, 0.3) is 0 Å². The second-order valence-corrected chi connectivity index (χ2v) is 18.8. The highest BCUT2D eigenvalue weighted by molar-refractivity contribution is 6.76. The number of piperidine rings is 1. The summed E-state index contributed by atoms with van der Waals surface area (Å²) in [6.07, 6.45) is 6.05. The number of hydrogen-bond donors (Lipinski definition) is 0. The van der Waals surface area contributed by atoms with Gasteiger partial charge < -0.3 is 14.0 Å². The van der Waals surface area contributed by atoms with Gasteiger partial charge in [0.1, 0.15) is 12.4 Å². The summed E-state index contributed by atoms with van der Waals surface area (Å²) in [6, 6.07) is 20.1. The highest BCUT2D eigenvalue weighted by Crippen LogP contribution is 2.33. The third-order valence-electron chi connectivity index (χ3n) is 8.97. The van der Waals surface area contributed by atoms with Crippen molar-refractivity contribution >= 4 is 36.0 Å². The molecule has 230 valence electrons. The molecule has 3 aromatic heterocycles. The Morgan fingerprint density at radius 1 is 1.02 bits per heavy atom. The summed E-state index contributed by atoms with van der Waals surface area (Å²) in [5.74, 6) is 0.221. The minimum atomic E-state index is -1.11. The average Bonchev–Trinajstić information content (AvgIpc) is 3.58. The van der Waals surface area contributed by atoms with Crippen molar-refractivity contribution in [3.8, 4) is 11.1 Å². The number of methoxy groups -OCH3 is 1. The molecular weight excluding hydrogens is 567 g/mol. The van der Waals surface area contributed by atoms with Gasteiger partial charge in [-0.2, -0.15) is 5.10 Å². The fourth-order valence-electron chi connectivity index (χ4n) is 6.22. The molecule has 0 aliphatic carbocycles. The van der Waals surface area contributed by atoms with Gasteiger partial charge in [-0.25, -0.2) is 14.5 Å². The molecule has 2 aromatic carbocycles. The van der Waals surface area contributed by atoms with Crippen LogP contribution in [0.15, 0.2) is 67.0 Å². The second kappa shape index (κ2) is 12.7. The lowest BCUT2D eigenvalue weighted by Crippen LogP contribution is -2.33. The summed E-state index contributed by atoms with van der Waals surface area (Å²) in [6.45, 7) is 11.3. The summed E-state index contributed by atoms with van der Waals surface area (Å²) >= 11 is 0. The number of pyridine rings is 1. The van der Waals surface area contributed by atoms with Crippen molar-refractivity contribution in [3.05, 3.63) is 83.8 Å². The Morgan fingerprint density at radius 2 is 1.80 bits per heavy atom. The SMILES string of the molecule is COC(=O)c1ccc(C2CCN(Cc3cc4c(-c5ccc6c(cnn6COCC[Si](C)(C)C)c5)ccnc4n3C)CC2)cc1. The largest absolute Gasteiger partial charge is 0.465 e. The molecule has 1 saturated heterocycles. The maximum absolute atomic E-state index is 11.8. The lowest BCUT2D eigenvalue weighted by molar-refractivity contribution is 0.0600. The molecule has 4 heterocycles. The van der Waals surface area contributed by atoms with E-state index in [0.717, 1.165) is 61.7 Å². The van der Waals surface area contributed by atoms with Crippen LogP contribution in [0, 0.1) is 0 Å². The molecule has 5 aromatic rings. The van der Waals surface area contributed by atoms with Gasteiger partial charge >= 0.3 is 5.97 Å². The summed E-state index contributed by atoms with van der Waals surface area (Å²) in [5.41, 5.74) is 7.61. The van der Waals surface area contributed by atoms with Crippen LogP contribution in [0.2, 0.25) is 25.7 Å². The van der Waals surface area contributed by atoms with E-state index in [-0.39, 0.29) is 5.97 Å². The van der Waals surface area contributed by atoms with E-state index in [4.69, 9.17) is 14.5 Å². The quantitative estimate of drug-likeness (QED) is 0.0958. The monoisotopic (exact) mass is 609 g/mol. The molecule has 0 spiro atoms. The third-order valence-corrected chi connectivity index (χ3v) is 10.7. The number of carbonyl (C=O) groups excluding carboxylic acids is 1. The Kier molecular flexibility index (Phi) is 8.71. The Balaban J connectivity index is 1.14. The Labute approximate surface area is 260 Å². The second-order valence-electron chi connectivity index (χ2n) is 13.2. The molecule has 0 N–H and O–H groups in total. The number of aryl methyl sites for hydroxylation is 1. The predicted octanol–water partition coefficient (Wildman–Crippen LogP) is 7.07. The van der Waals surface area contributed by atoms with Crippen molar-refractivity contribution in [1.29, 1.82) is 0 Å². The lowest BCUT2D eigenvalue weighted by atomic mass is 9.89. The van der Waals surface area contributed by atoms with Gasteiger partial charge in [-0.1, -0.05) is 37.8 Å². The first kappa shape index (κ1) is 30.2. The molecule has 9 heteroatoms. The molecular formula is C35H43N5O3Si. The molecule has 0 radical (unpaired) electrons. The molecule has 0 atom stereocenters. The molecule has 0 unspecified atom stereocenters. The van der Waals surface area contributed by atoms with E-state index in [1.807, 2.05) is 29.2 Å². The van der Waals surface area contributed by atoms with Gasteiger partial charge in [0.05, 0.1) is 24.4 Å². The van der Waals surface area contributed by atoms with Gasteiger partial charge in [-0.05, 0) is 91.0 Å². The number of hydrogen-bond acceptors (Lipinski definition) is 6. The summed E-state index contributed by atoms with van der Waals surface area (Å²) < 4.78 is 15.0. The van der Waals surface area contributed by atoms with Crippen LogP contribution in [0.1, 0.15) is 40.4 Å². The molecule has 1 aliphatic rings. The van der Waals surface area contributed by atoms with Crippen LogP contribution in [-0.2, 0) is 29.8 Å². The van der Waals surface area contributed by atoms with E-state index in [2.05, 4.69) is 83.7 Å². The van der Waals surface area contributed by atoms with Crippen molar-refractivity contribution in [2.24, 2.45) is 7.05 Å². The van der Waals surface area contributed by atoms with Crippen molar-refractivity contribution in [1.82, 2.24) is 24.2 Å². The van der Waals surface area contributed by atoms with Crippen LogP contribution in [0.4, 0.5) is 0 Å². The number of rotatable bonds is 10. The van der Waals surface area contributed by atoms with Gasteiger partial charge in [0.15, 0.2) is 0 Å². The number of nitrogens with zero attached hydrogens (tertiary/aromatic N) is 5. The van der Waals surface area contributed by atoms with Gasteiger partial charge in [0, 0.05) is 50.9 Å². The van der Waals surface area contributed by atoms with E-state index in [1.54, 1.807) is 0 Å². The average molecular weight is 610 g/mol. The Hall–Kier alpha value is -3.79. The molecule has 44 heavy (non-hydrogen) atoms. The molecule has 1 fully saturated rings. The van der Waals surface area contributed by atoms with E-state index in [0.29, 0.717) is 18.2 Å². The van der Waals surface area contributed by atoms with Crippen LogP contribution in [0.5, 0.6) is 0 Å². The predicted molar refractivity (Wildman–Crippen MR) is 179 cm³/mol. The van der Waals surface area contributed by atoms with Gasteiger partial charge in [0.2, 0.25) is 0 Å². The molecule has 8 nitrogen and oxygen atoms in total. The molecule has 0 saturated carbocycles. The summed E-state index contributed by atoms with van der Waals surface area (Å²) in [5, 5.41) is 6.90. The van der Waals surface area contributed by atoms with Crippen LogP contribution in [0.25, 0.3) is 33.1 Å². The highest BCUT2D eigenvalue weighted by atomic mass is 28.3. The van der Waals surface area contributed by atoms with E-state index < -0.39 is 8.07 Å². The topological polar surface area (TPSA) is 74.4 Å². The zero-order valence-electron chi connectivity index (χ0n) is 26.5. The fraction of sp³-hybridized carbons (Fsp3) is 0.400. The van der Waals surface area contributed by atoms with E-state index >= 15 is 0 Å². The van der Waals surface area contributed by atoms with Crippen molar-refractivity contribution in [2.75, 3.05) is 26.8 Å². The lowest BCUT2D eigenvalue weighted by Gasteiger charge is -2.32. The van der Waals surface area contributed by atoms with Gasteiger partial charge in [-0.3, -0.25) is 4.90 Å². The molecule has 0 bridgehead atoms. The van der Waals surface area contributed by atoms with Crippen molar-refractivity contribution < 1.29 is 14.3 Å². The minimum Gasteiger partial charge on any atom is -0.465 e. The fourth-order valence-corrected chi connectivity index (χ4v) is 6.98. The van der Waals surface area contributed by atoms with Crippen LogP contribution in [0.3, 0.4) is 0 Å². The van der Waals surface area contributed by atoms with E-state index in [1.165, 1.54) is 34.9 Å². The number of esters is 1. The van der Waals surface area contributed by atoms with E-state index in [9.17, 15) is 4.79 Å². The van der Waals surface area contributed by atoms with Crippen LogP contribution >= 0.6 is 0 Å². The summed E-state index contributed by atoms with van der Waals surface area (Å²) in [7, 11) is 2.43. The first-order valence-corrected chi connectivity index (χ1v) is 19.3.